The van der Waals surface area contributed by atoms with Gasteiger partial charge in [0.15, 0.2) is 0 Å². The van der Waals surface area contributed by atoms with Crippen LogP contribution in [0, 0.1) is 13.8 Å². The largest absolute Gasteiger partial charge is 0.335 e. The molecule has 0 spiro atoms. The van der Waals surface area contributed by atoms with E-state index in [2.05, 4.69) is 27.4 Å². The highest BCUT2D eigenvalue weighted by Gasteiger charge is 2.30. The van der Waals surface area contributed by atoms with Crippen LogP contribution >= 0.6 is 11.6 Å². The molecule has 1 saturated carbocycles. The Hall–Kier alpha value is -2.64. The van der Waals surface area contributed by atoms with Crippen molar-refractivity contribution >= 4 is 29.2 Å². The minimum atomic E-state index is -0.210. The number of carbonyl (C=O) groups excluding carboxylic acids is 2. The summed E-state index contributed by atoms with van der Waals surface area (Å²) in [5.41, 5.74) is 4.13. The summed E-state index contributed by atoms with van der Waals surface area (Å²) in [6, 6.07) is 7.86. The maximum absolute atomic E-state index is 12.7. The number of anilines is 1. The second kappa shape index (κ2) is 10.1. The second-order valence-electron chi connectivity index (χ2n) is 9.23. The summed E-state index contributed by atoms with van der Waals surface area (Å²) in [5, 5.41) is 6.71. The van der Waals surface area contributed by atoms with Crippen molar-refractivity contribution in [2.45, 2.75) is 58.7 Å². The minimum absolute atomic E-state index is 0.0568. The summed E-state index contributed by atoms with van der Waals surface area (Å²) in [4.78, 5) is 33.8. The van der Waals surface area contributed by atoms with Crippen molar-refractivity contribution in [1.82, 2.24) is 20.1 Å². The van der Waals surface area contributed by atoms with Gasteiger partial charge >= 0.3 is 6.03 Å². The summed E-state index contributed by atoms with van der Waals surface area (Å²) < 4.78 is 0. The number of aryl methyl sites for hydroxylation is 1. The number of benzene rings is 1. The van der Waals surface area contributed by atoms with Gasteiger partial charge in [0.05, 0.1) is 5.56 Å². The smallest absolute Gasteiger partial charge is 0.317 e. The number of halogens is 1. The van der Waals surface area contributed by atoms with Crippen molar-refractivity contribution in [2.24, 2.45) is 0 Å². The first-order valence-electron chi connectivity index (χ1n) is 11.6. The van der Waals surface area contributed by atoms with Crippen molar-refractivity contribution in [1.29, 1.82) is 0 Å². The van der Waals surface area contributed by atoms with Crippen LogP contribution in [0.3, 0.4) is 0 Å². The van der Waals surface area contributed by atoms with Crippen molar-refractivity contribution in [2.75, 3.05) is 25.0 Å². The molecule has 1 saturated heterocycles. The molecule has 1 aliphatic carbocycles. The van der Waals surface area contributed by atoms with Crippen molar-refractivity contribution < 1.29 is 9.59 Å². The monoisotopic (exact) mass is 469 g/mol. The molecule has 1 aliphatic heterocycles. The Morgan fingerprint density at radius 1 is 1.18 bits per heavy atom. The molecule has 0 radical (unpaired) electrons. The fraction of sp³-hybridized carbons (Fsp3) is 0.480. The fourth-order valence-corrected chi connectivity index (χ4v) is 4.60. The Labute approximate surface area is 200 Å². The molecule has 4 rings (SSSR count). The summed E-state index contributed by atoms with van der Waals surface area (Å²) >= 11 is 6.41. The van der Waals surface area contributed by atoms with E-state index >= 15 is 0 Å². The average molecular weight is 470 g/mol. The van der Waals surface area contributed by atoms with Gasteiger partial charge in [-0.05, 0) is 75.4 Å². The Kier molecular flexibility index (Phi) is 7.20. The van der Waals surface area contributed by atoms with E-state index in [-0.39, 0.29) is 18.0 Å². The average Bonchev–Trinajstić information content (AvgIpc) is 2.74. The van der Waals surface area contributed by atoms with E-state index < -0.39 is 0 Å². The molecule has 2 aromatic rings. The maximum Gasteiger partial charge on any atom is 0.317 e. The zero-order chi connectivity index (χ0) is 23.5. The third kappa shape index (κ3) is 5.65. The molecule has 0 bridgehead atoms. The molecule has 3 amide bonds. The topological polar surface area (TPSA) is 77.6 Å². The highest BCUT2D eigenvalue weighted by atomic mass is 35.5. The Bertz CT molecular complexity index is 1020. The summed E-state index contributed by atoms with van der Waals surface area (Å²) in [5.74, 6) is -0.210. The molecule has 1 atom stereocenters. The zero-order valence-corrected chi connectivity index (χ0v) is 20.3. The number of urea groups is 1. The summed E-state index contributed by atoms with van der Waals surface area (Å²) in [6.45, 7) is 8.98. The lowest BCUT2D eigenvalue weighted by Gasteiger charge is -2.41. The molecule has 2 heterocycles. The molecule has 1 aromatic carbocycles. The Morgan fingerprint density at radius 3 is 2.61 bits per heavy atom. The normalized spacial score (nSPS) is 19.2. The quantitative estimate of drug-likeness (QED) is 0.681. The summed E-state index contributed by atoms with van der Waals surface area (Å²) in [6.07, 6.45) is 4.96. The SMILES string of the molecule is Cc1ccc(C(=O)Nc2cc(Cl)cc(CN3CCN(C(=O)NC4CCC4)[C@@H](C)C3)c2C)cn1. The van der Waals surface area contributed by atoms with Crippen LogP contribution in [0.25, 0.3) is 0 Å². The van der Waals surface area contributed by atoms with E-state index in [0.717, 1.165) is 42.8 Å². The maximum atomic E-state index is 12.7. The molecule has 1 aromatic heterocycles. The molecular weight excluding hydrogens is 438 g/mol. The van der Waals surface area contributed by atoms with Gasteiger partial charge in [-0.15, -0.1) is 0 Å². The van der Waals surface area contributed by atoms with Gasteiger partial charge in [0, 0.05) is 60.9 Å². The molecule has 2 fully saturated rings. The van der Waals surface area contributed by atoms with Crippen LogP contribution in [0.4, 0.5) is 10.5 Å². The fourth-order valence-electron chi connectivity index (χ4n) is 4.36. The molecule has 8 heteroatoms. The first kappa shape index (κ1) is 23.5. The first-order chi connectivity index (χ1) is 15.8. The predicted molar refractivity (Wildman–Crippen MR) is 131 cm³/mol. The highest BCUT2D eigenvalue weighted by molar-refractivity contribution is 6.31. The van der Waals surface area contributed by atoms with Crippen LogP contribution in [-0.4, -0.2) is 58.4 Å². The zero-order valence-electron chi connectivity index (χ0n) is 19.5. The van der Waals surface area contributed by atoms with Crippen LogP contribution in [-0.2, 0) is 6.54 Å². The molecule has 2 aliphatic rings. The third-order valence-corrected chi connectivity index (χ3v) is 6.92. The Morgan fingerprint density at radius 2 is 1.97 bits per heavy atom. The van der Waals surface area contributed by atoms with Crippen LogP contribution in [0.2, 0.25) is 5.02 Å². The van der Waals surface area contributed by atoms with Gasteiger partial charge in [-0.3, -0.25) is 14.7 Å². The molecule has 176 valence electrons. The van der Waals surface area contributed by atoms with Crippen molar-refractivity contribution in [3.05, 3.63) is 57.9 Å². The molecule has 2 N–H and O–H groups in total. The number of nitrogens with one attached hydrogen (secondary N) is 2. The van der Waals surface area contributed by atoms with Gasteiger partial charge in [-0.1, -0.05) is 11.6 Å². The van der Waals surface area contributed by atoms with Crippen molar-refractivity contribution in [3.8, 4) is 0 Å². The van der Waals surface area contributed by atoms with Crippen LogP contribution in [0.15, 0.2) is 30.5 Å². The number of hydrogen-bond acceptors (Lipinski definition) is 4. The van der Waals surface area contributed by atoms with Gasteiger partial charge in [-0.2, -0.15) is 0 Å². The summed E-state index contributed by atoms with van der Waals surface area (Å²) in [7, 11) is 0. The van der Waals surface area contributed by atoms with Gasteiger partial charge < -0.3 is 15.5 Å². The lowest BCUT2D eigenvalue weighted by molar-refractivity contribution is 0.0939. The van der Waals surface area contributed by atoms with E-state index in [9.17, 15) is 9.59 Å². The predicted octanol–water partition coefficient (Wildman–Crippen LogP) is 4.37. The number of amides is 3. The Balaban J connectivity index is 1.40. The molecule has 0 unspecified atom stereocenters. The first-order valence-corrected chi connectivity index (χ1v) is 12.0. The molecular formula is C25H32ClN5O2. The minimum Gasteiger partial charge on any atom is -0.335 e. The van der Waals surface area contributed by atoms with Gasteiger partial charge in [0.2, 0.25) is 0 Å². The van der Waals surface area contributed by atoms with Crippen LogP contribution in [0.5, 0.6) is 0 Å². The van der Waals surface area contributed by atoms with E-state index in [1.54, 1.807) is 18.3 Å². The van der Waals surface area contributed by atoms with Gasteiger partial charge in [-0.25, -0.2) is 4.79 Å². The molecule has 33 heavy (non-hydrogen) atoms. The van der Waals surface area contributed by atoms with E-state index in [1.165, 1.54) is 6.42 Å². The number of pyridine rings is 1. The lowest BCUT2D eigenvalue weighted by atomic mass is 9.93. The number of nitrogens with zero attached hydrogens (tertiary/aromatic N) is 3. The van der Waals surface area contributed by atoms with Gasteiger partial charge in [0.1, 0.15) is 0 Å². The number of hydrogen-bond donors (Lipinski definition) is 2. The lowest BCUT2D eigenvalue weighted by Crippen LogP contribution is -2.58. The number of aromatic nitrogens is 1. The van der Waals surface area contributed by atoms with Crippen LogP contribution < -0.4 is 10.6 Å². The van der Waals surface area contributed by atoms with Crippen molar-refractivity contribution in [3.63, 3.8) is 0 Å². The third-order valence-electron chi connectivity index (χ3n) is 6.70. The highest BCUT2D eigenvalue weighted by Crippen LogP contribution is 2.27. The van der Waals surface area contributed by atoms with E-state index in [0.29, 0.717) is 35.4 Å². The van der Waals surface area contributed by atoms with Gasteiger partial charge in [0.25, 0.3) is 5.91 Å². The van der Waals surface area contributed by atoms with Crippen LogP contribution in [0.1, 0.15) is 53.4 Å². The second-order valence-corrected chi connectivity index (χ2v) is 9.67. The standard InChI is InChI=1S/C25H32ClN5O2/c1-16-7-8-19(13-27-16)24(32)29-23-12-21(26)11-20(18(23)3)15-30-9-10-31(17(2)14-30)25(33)28-22-5-4-6-22/h7-8,11-13,17,22H,4-6,9-10,14-15H2,1-3H3,(H,28,33)(H,29,32)/t17-/m0/s1. The number of carbonyl (C=O) groups is 2. The number of rotatable bonds is 5. The van der Waals surface area contributed by atoms with E-state index in [1.807, 2.05) is 30.9 Å². The molecule has 7 nitrogen and oxygen atoms in total. The number of piperazine rings is 1. The van der Waals surface area contributed by atoms with E-state index in [4.69, 9.17) is 11.6 Å².